The van der Waals surface area contributed by atoms with Crippen LogP contribution in [0, 0.1) is 0 Å². The second kappa shape index (κ2) is 4.47. The Balaban J connectivity index is 2.25. The van der Waals surface area contributed by atoms with Crippen molar-refractivity contribution in [3.05, 3.63) is 29.0 Å². The summed E-state index contributed by atoms with van der Waals surface area (Å²) in [5.41, 5.74) is 7.96. The van der Waals surface area contributed by atoms with E-state index >= 15 is 0 Å². The third-order valence-corrected chi connectivity index (χ3v) is 3.90. The van der Waals surface area contributed by atoms with E-state index in [2.05, 4.69) is 18.4 Å². The molecule has 0 saturated carbocycles. The van der Waals surface area contributed by atoms with Crippen LogP contribution in [0.25, 0.3) is 11.0 Å². The minimum Gasteiger partial charge on any atom is -0.379 e. The quantitative estimate of drug-likeness (QED) is 0.920. The third kappa shape index (κ3) is 2.04. The van der Waals surface area contributed by atoms with Gasteiger partial charge in [0.2, 0.25) is 0 Å². The summed E-state index contributed by atoms with van der Waals surface area (Å²) in [6, 6.07) is 6.08. The zero-order valence-corrected chi connectivity index (χ0v) is 11.9. The molecule has 102 valence electrons. The predicted octanol–water partition coefficient (Wildman–Crippen LogP) is 2.84. The van der Waals surface area contributed by atoms with E-state index < -0.39 is 5.54 Å². The molecule has 0 spiro atoms. The van der Waals surface area contributed by atoms with E-state index in [1.54, 1.807) is 0 Å². The lowest BCUT2D eigenvalue weighted by molar-refractivity contribution is 0.175. The number of halogens is 1. The van der Waals surface area contributed by atoms with Gasteiger partial charge in [0.25, 0.3) is 0 Å². The molecule has 0 bridgehead atoms. The Labute approximate surface area is 117 Å². The number of benzene rings is 1. The van der Waals surface area contributed by atoms with Crippen LogP contribution in [0.3, 0.4) is 0 Å². The zero-order chi connectivity index (χ0) is 13.6. The van der Waals surface area contributed by atoms with Crippen molar-refractivity contribution in [1.29, 1.82) is 0 Å². The Morgan fingerprint density at radius 2 is 2.26 bits per heavy atom. The smallest absolute Gasteiger partial charge is 0.132 e. The Morgan fingerprint density at radius 1 is 1.47 bits per heavy atom. The molecule has 0 amide bonds. The first-order valence-electron chi connectivity index (χ1n) is 6.56. The molecule has 1 saturated heterocycles. The molecule has 0 aliphatic carbocycles. The fraction of sp³-hybridized carbons (Fsp3) is 0.500. The van der Waals surface area contributed by atoms with Gasteiger partial charge in [-0.1, -0.05) is 11.6 Å². The van der Waals surface area contributed by atoms with Crippen molar-refractivity contribution in [2.45, 2.75) is 31.8 Å². The van der Waals surface area contributed by atoms with Gasteiger partial charge in [0.1, 0.15) is 11.4 Å². The highest BCUT2D eigenvalue weighted by Gasteiger charge is 2.37. The summed E-state index contributed by atoms with van der Waals surface area (Å²) in [6.07, 6.45) is 0.802. The number of ether oxygens (including phenoxy) is 1. The molecule has 1 atom stereocenters. The molecule has 2 heterocycles. The van der Waals surface area contributed by atoms with E-state index in [4.69, 9.17) is 27.1 Å². The Kier molecular flexibility index (Phi) is 3.04. The highest BCUT2D eigenvalue weighted by molar-refractivity contribution is 6.31. The number of hydrogen-bond donors (Lipinski definition) is 1. The lowest BCUT2D eigenvalue weighted by Gasteiger charge is -2.24. The van der Waals surface area contributed by atoms with Crippen LogP contribution in [-0.2, 0) is 10.3 Å². The van der Waals surface area contributed by atoms with E-state index in [9.17, 15) is 0 Å². The Morgan fingerprint density at radius 3 is 2.89 bits per heavy atom. The fourth-order valence-corrected chi connectivity index (χ4v) is 2.87. The molecule has 4 nitrogen and oxygen atoms in total. The maximum Gasteiger partial charge on any atom is 0.132 e. The largest absolute Gasteiger partial charge is 0.379 e. The Bertz CT molecular complexity index is 614. The second-order valence-electron chi connectivity index (χ2n) is 5.49. The van der Waals surface area contributed by atoms with Gasteiger partial charge in [-0.05, 0) is 38.5 Å². The SMILES string of the molecule is CC(C)n1c(C2(N)CCOC2)nc2cc(Cl)ccc21. The summed E-state index contributed by atoms with van der Waals surface area (Å²) in [5.74, 6) is 0.900. The van der Waals surface area contributed by atoms with Crippen molar-refractivity contribution < 1.29 is 4.74 Å². The van der Waals surface area contributed by atoms with Crippen LogP contribution in [0.1, 0.15) is 32.1 Å². The minimum absolute atomic E-state index is 0.294. The average molecular weight is 280 g/mol. The van der Waals surface area contributed by atoms with Crippen molar-refractivity contribution in [2.75, 3.05) is 13.2 Å². The van der Waals surface area contributed by atoms with E-state index in [0.717, 1.165) is 23.3 Å². The van der Waals surface area contributed by atoms with Crippen molar-refractivity contribution >= 4 is 22.6 Å². The van der Waals surface area contributed by atoms with Gasteiger partial charge in [0, 0.05) is 17.7 Å². The van der Waals surface area contributed by atoms with Gasteiger partial charge in [-0.3, -0.25) is 0 Å². The topological polar surface area (TPSA) is 53.1 Å². The van der Waals surface area contributed by atoms with Gasteiger partial charge in [-0.15, -0.1) is 0 Å². The average Bonchev–Trinajstić information content (AvgIpc) is 2.93. The van der Waals surface area contributed by atoms with Gasteiger partial charge in [0.05, 0.1) is 17.6 Å². The highest BCUT2D eigenvalue weighted by Crippen LogP contribution is 2.33. The third-order valence-electron chi connectivity index (χ3n) is 3.67. The lowest BCUT2D eigenvalue weighted by atomic mass is 9.99. The lowest BCUT2D eigenvalue weighted by Crippen LogP contribution is -2.40. The maximum absolute atomic E-state index is 6.48. The van der Waals surface area contributed by atoms with Gasteiger partial charge in [-0.25, -0.2) is 4.98 Å². The second-order valence-corrected chi connectivity index (χ2v) is 5.93. The number of aromatic nitrogens is 2. The highest BCUT2D eigenvalue weighted by atomic mass is 35.5. The molecule has 1 aromatic heterocycles. The normalized spacial score (nSPS) is 23.6. The van der Waals surface area contributed by atoms with E-state index in [-0.39, 0.29) is 0 Å². The summed E-state index contributed by atoms with van der Waals surface area (Å²) in [5, 5.41) is 0.696. The van der Waals surface area contributed by atoms with E-state index in [0.29, 0.717) is 24.3 Å². The van der Waals surface area contributed by atoms with Crippen molar-refractivity contribution in [2.24, 2.45) is 5.73 Å². The van der Waals surface area contributed by atoms with E-state index in [1.807, 2.05) is 18.2 Å². The van der Waals surface area contributed by atoms with Gasteiger partial charge < -0.3 is 15.0 Å². The molecule has 2 aromatic rings. The zero-order valence-electron chi connectivity index (χ0n) is 11.2. The van der Waals surface area contributed by atoms with Crippen LogP contribution in [0.2, 0.25) is 5.02 Å². The fourth-order valence-electron chi connectivity index (χ4n) is 2.70. The van der Waals surface area contributed by atoms with Gasteiger partial charge in [-0.2, -0.15) is 0 Å². The van der Waals surface area contributed by atoms with Crippen LogP contribution in [0.4, 0.5) is 0 Å². The van der Waals surface area contributed by atoms with Crippen LogP contribution >= 0.6 is 11.6 Å². The summed E-state index contributed by atoms with van der Waals surface area (Å²) in [6.45, 7) is 5.49. The van der Waals surface area contributed by atoms with Crippen LogP contribution in [0.15, 0.2) is 18.2 Å². The van der Waals surface area contributed by atoms with Crippen LogP contribution < -0.4 is 5.73 Å². The molecule has 1 aliphatic rings. The number of rotatable bonds is 2. The van der Waals surface area contributed by atoms with E-state index in [1.165, 1.54) is 0 Å². The number of hydrogen-bond acceptors (Lipinski definition) is 3. The molecule has 1 aliphatic heterocycles. The number of nitrogens with two attached hydrogens (primary N) is 1. The molecule has 1 unspecified atom stereocenters. The minimum atomic E-state index is -0.490. The number of fused-ring (bicyclic) bond motifs is 1. The molecule has 3 rings (SSSR count). The first-order valence-corrected chi connectivity index (χ1v) is 6.94. The summed E-state index contributed by atoms with van der Waals surface area (Å²) >= 11 is 6.05. The molecule has 1 aromatic carbocycles. The summed E-state index contributed by atoms with van der Waals surface area (Å²) in [7, 11) is 0. The van der Waals surface area contributed by atoms with Crippen molar-refractivity contribution in [1.82, 2.24) is 9.55 Å². The van der Waals surface area contributed by atoms with Gasteiger partial charge in [0.15, 0.2) is 0 Å². The first kappa shape index (κ1) is 12.9. The molecule has 2 N–H and O–H groups in total. The predicted molar refractivity (Wildman–Crippen MR) is 76.4 cm³/mol. The molecule has 1 fully saturated rings. The number of imidazole rings is 1. The Hall–Kier alpha value is -1.10. The standard InChI is InChI=1S/C14H18ClN3O/c1-9(2)18-12-4-3-10(15)7-11(12)17-13(18)14(16)5-6-19-8-14/h3-4,7,9H,5-6,8,16H2,1-2H3. The molecule has 5 heteroatoms. The summed E-state index contributed by atoms with van der Waals surface area (Å²) < 4.78 is 7.66. The molecular weight excluding hydrogens is 262 g/mol. The van der Waals surface area contributed by atoms with Crippen molar-refractivity contribution in [3.8, 4) is 0 Å². The molecule has 19 heavy (non-hydrogen) atoms. The molecule has 0 radical (unpaired) electrons. The van der Waals surface area contributed by atoms with Gasteiger partial charge >= 0.3 is 0 Å². The maximum atomic E-state index is 6.48. The first-order chi connectivity index (χ1) is 9.01. The number of nitrogens with zero attached hydrogens (tertiary/aromatic N) is 2. The summed E-state index contributed by atoms with van der Waals surface area (Å²) in [4.78, 5) is 4.72. The monoisotopic (exact) mass is 279 g/mol. The van der Waals surface area contributed by atoms with Crippen LogP contribution in [0.5, 0.6) is 0 Å². The molecular formula is C14H18ClN3O. The van der Waals surface area contributed by atoms with Crippen molar-refractivity contribution in [3.63, 3.8) is 0 Å². The van der Waals surface area contributed by atoms with Crippen LogP contribution in [-0.4, -0.2) is 22.8 Å².